The molecule has 2 N–H and O–H groups in total. The molecule has 2 aromatic heterocycles. The van der Waals surface area contributed by atoms with Gasteiger partial charge in [-0.1, -0.05) is 17.7 Å². The molecule has 1 saturated heterocycles. The lowest BCUT2D eigenvalue weighted by Gasteiger charge is -2.26. The Kier molecular flexibility index (Phi) is 5.10. The molecule has 0 amide bonds. The molecule has 0 saturated carbocycles. The van der Waals surface area contributed by atoms with Gasteiger partial charge in [-0.2, -0.15) is 0 Å². The van der Waals surface area contributed by atoms with Crippen LogP contribution in [-0.4, -0.2) is 15.2 Å². The third-order valence-electron chi connectivity index (χ3n) is 5.27. The van der Waals surface area contributed by atoms with Crippen LogP contribution in [0.1, 0.15) is 23.5 Å². The molecular weight excluding hydrogens is 430 g/mol. The zero-order chi connectivity index (χ0) is 21.4. The number of rotatable bonds is 4. The van der Waals surface area contributed by atoms with Crippen LogP contribution in [-0.2, 0) is 0 Å². The molecule has 1 fully saturated rings. The highest BCUT2D eigenvalue weighted by molar-refractivity contribution is 7.80. The zero-order valence-corrected chi connectivity index (χ0v) is 17.8. The van der Waals surface area contributed by atoms with Gasteiger partial charge in [0, 0.05) is 22.5 Å². The van der Waals surface area contributed by atoms with Gasteiger partial charge in [-0.05, 0) is 85.0 Å². The van der Waals surface area contributed by atoms with Crippen LogP contribution in [0.3, 0.4) is 0 Å². The Morgan fingerprint density at radius 2 is 1.74 bits per heavy atom. The van der Waals surface area contributed by atoms with E-state index in [1.165, 1.54) is 0 Å². The van der Waals surface area contributed by atoms with Crippen molar-refractivity contribution in [3.05, 3.63) is 102 Å². The SMILES string of the molecule is Oc1ccc(N2C(=S)N[C@@H](c3ccccn3)[C@@H]2c2ccc(-c3ccc(Cl)cc3)o2)cc1. The van der Waals surface area contributed by atoms with Gasteiger partial charge in [0.2, 0.25) is 0 Å². The summed E-state index contributed by atoms with van der Waals surface area (Å²) in [6, 6.07) is 23.7. The Bertz CT molecular complexity index is 1210. The summed E-state index contributed by atoms with van der Waals surface area (Å²) in [7, 11) is 0. The monoisotopic (exact) mass is 447 g/mol. The lowest BCUT2D eigenvalue weighted by Crippen LogP contribution is -2.29. The summed E-state index contributed by atoms with van der Waals surface area (Å²) in [6.07, 6.45) is 1.77. The van der Waals surface area contributed by atoms with Crippen LogP contribution in [0.2, 0.25) is 5.02 Å². The fourth-order valence-corrected chi connectivity index (χ4v) is 4.29. The van der Waals surface area contributed by atoms with Crippen molar-refractivity contribution in [2.45, 2.75) is 12.1 Å². The first-order chi connectivity index (χ1) is 15.1. The molecule has 1 aliphatic rings. The summed E-state index contributed by atoms with van der Waals surface area (Å²) >= 11 is 11.7. The van der Waals surface area contributed by atoms with Crippen molar-refractivity contribution in [3.63, 3.8) is 0 Å². The second kappa shape index (κ2) is 8.06. The number of phenols is 1. The number of hydrogen-bond donors (Lipinski definition) is 2. The number of hydrogen-bond acceptors (Lipinski definition) is 4. The molecule has 1 aliphatic heterocycles. The number of aromatic nitrogens is 1. The number of furan rings is 1. The normalized spacial score (nSPS) is 18.2. The average molecular weight is 448 g/mol. The molecule has 0 unspecified atom stereocenters. The summed E-state index contributed by atoms with van der Waals surface area (Å²) < 4.78 is 6.31. The fraction of sp³-hybridized carbons (Fsp3) is 0.0833. The van der Waals surface area contributed by atoms with E-state index >= 15 is 0 Å². The minimum atomic E-state index is -0.256. The lowest BCUT2D eigenvalue weighted by atomic mass is 10.0. The van der Waals surface area contributed by atoms with Gasteiger partial charge in [0.1, 0.15) is 23.3 Å². The number of anilines is 1. The number of phenolic OH excluding ortho intramolecular Hbond substituents is 1. The van der Waals surface area contributed by atoms with Gasteiger partial charge in [-0.3, -0.25) is 4.98 Å². The Labute approximate surface area is 189 Å². The predicted octanol–water partition coefficient (Wildman–Crippen LogP) is 5.88. The Morgan fingerprint density at radius 3 is 2.45 bits per heavy atom. The number of aromatic hydroxyl groups is 1. The first-order valence-electron chi connectivity index (χ1n) is 9.75. The Hall–Kier alpha value is -3.35. The van der Waals surface area contributed by atoms with E-state index in [1.807, 2.05) is 71.6 Å². The Morgan fingerprint density at radius 1 is 0.968 bits per heavy atom. The van der Waals surface area contributed by atoms with Crippen LogP contribution in [0.4, 0.5) is 5.69 Å². The van der Waals surface area contributed by atoms with Crippen molar-refractivity contribution in [1.82, 2.24) is 10.3 Å². The highest BCUT2D eigenvalue weighted by Gasteiger charge is 2.42. The quantitative estimate of drug-likeness (QED) is 0.381. The van der Waals surface area contributed by atoms with Gasteiger partial charge < -0.3 is 19.7 Å². The number of nitrogens with zero attached hydrogens (tertiary/aromatic N) is 2. The highest BCUT2D eigenvalue weighted by Crippen LogP contribution is 2.43. The van der Waals surface area contributed by atoms with Gasteiger partial charge in [0.05, 0.1) is 11.7 Å². The maximum Gasteiger partial charge on any atom is 0.174 e. The van der Waals surface area contributed by atoms with Crippen LogP contribution in [0.25, 0.3) is 11.3 Å². The van der Waals surface area contributed by atoms with E-state index in [1.54, 1.807) is 18.3 Å². The molecule has 5 rings (SSSR count). The van der Waals surface area contributed by atoms with Crippen molar-refractivity contribution in [3.8, 4) is 17.1 Å². The van der Waals surface area contributed by atoms with Crippen molar-refractivity contribution in [2.75, 3.05) is 4.90 Å². The highest BCUT2D eigenvalue weighted by atomic mass is 35.5. The summed E-state index contributed by atoms with van der Waals surface area (Å²) in [5.41, 5.74) is 2.65. The predicted molar refractivity (Wildman–Crippen MR) is 125 cm³/mol. The number of halogens is 1. The standard InChI is InChI=1S/C24H18ClN3O2S/c25-16-6-4-15(5-7-16)20-12-13-21(30-20)23-22(19-3-1-2-14-26-19)27-24(31)28(23)17-8-10-18(29)11-9-17/h1-14,22-23,29H,(H,27,31)/t22-,23-/m0/s1. The van der Waals surface area contributed by atoms with Crippen molar-refractivity contribution < 1.29 is 9.52 Å². The molecule has 7 heteroatoms. The van der Waals surface area contributed by atoms with Gasteiger partial charge in [-0.25, -0.2) is 0 Å². The number of benzene rings is 2. The van der Waals surface area contributed by atoms with Crippen LogP contribution in [0.5, 0.6) is 5.75 Å². The van der Waals surface area contributed by atoms with Crippen molar-refractivity contribution >= 4 is 34.6 Å². The summed E-state index contributed by atoms with van der Waals surface area (Å²) in [6.45, 7) is 0. The summed E-state index contributed by atoms with van der Waals surface area (Å²) in [5.74, 6) is 1.69. The van der Waals surface area contributed by atoms with E-state index < -0.39 is 0 Å². The van der Waals surface area contributed by atoms with E-state index in [0.29, 0.717) is 10.1 Å². The molecule has 154 valence electrons. The third kappa shape index (κ3) is 3.76. The van der Waals surface area contributed by atoms with E-state index in [0.717, 1.165) is 28.5 Å². The largest absolute Gasteiger partial charge is 0.508 e. The molecule has 0 radical (unpaired) electrons. The van der Waals surface area contributed by atoms with Gasteiger partial charge in [0.25, 0.3) is 0 Å². The van der Waals surface area contributed by atoms with E-state index in [4.69, 9.17) is 28.2 Å². The zero-order valence-electron chi connectivity index (χ0n) is 16.3. The van der Waals surface area contributed by atoms with Crippen molar-refractivity contribution in [2.24, 2.45) is 0 Å². The molecular formula is C24H18ClN3O2S. The van der Waals surface area contributed by atoms with E-state index in [9.17, 15) is 5.11 Å². The fourth-order valence-electron chi connectivity index (χ4n) is 3.82. The minimum Gasteiger partial charge on any atom is -0.508 e. The molecule has 2 atom stereocenters. The molecule has 31 heavy (non-hydrogen) atoms. The summed E-state index contributed by atoms with van der Waals surface area (Å²) in [4.78, 5) is 6.54. The minimum absolute atomic E-state index is 0.197. The van der Waals surface area contributed by atoms with Crippen LogP contribution in [0.15, 0.2) is 89.5 Å². The molecule has 0 aliphatic carbocycles. The van der Waals surface area contributed by atoms with Gasteiger partial charge in [0.15, 0.2) is 5.11 Å². The molecule has 2 aromatic carbocycles. The molecule has 5 nitrogen and oxygen atoms in total. The van der Waals surface area contributed by atoms with Gasteiger partial charge >= 0.3 is 0 Å². The topological polar surface area (TPSA) is 61.5 Å². The maximum absolute atomic E-state index is 9.72. The van der Waals surface area contributed by atoms with Crippen LogP contribution in [0, 0.1) is 0 Å². The molecule has 4 aromatic rings. The second-order valence-electron chi connectivity index (χ2n) is 7.22. The first-order valence-corrected chi connectivity index (χ1v) is 10.5. The number of pyridine rings is 1. The lowest BCUT2D eigenvalue weighted by molar-refractivity contribution is 0.439. The summed E-state index contributed by atoms with van der Waals surface area (Å²) in [5, 5.41) is 14.4. The number of nitrogens with one attached hydrogen (secondary N) is 1. The maximum atomic E-state index is 9.72. The molecule has 0 bridgehead atoms. The second-order valence-corrected chi connectivity index (χ2v) is 8.05. The third-order valence-corrected chi connectivity index (χ3v) is 5.84. The molecule has 0 spiro atoms. The smallest absolute Gasteiger partial charge is 0.174 e. The van der Waals surface area contributed by atoms with Crippen LogP contribution >= 0.6 is 23.8 Å². The Balaban J connectivity index is 1.59. The number of thiocarbonyl (C=S) groups is 1. The van der Waals surface area contributed by atoms with Crippen LogP contribution < -0.4 is 10.2 Å². The van der Waals surface area contributed by atoms with E-state index in [2.05, 4.69) is 10.3 Å². The molecule has 3 heterocycles. The van der Waals surface area contributed by atoms with Gasteiger partial charge in [-0.15, -0.1) is 0 Å². The van der Waals surface area contributed by atoms with E-state index in [-0.39, 0.29) is 17.8 Å². The van der Waals surface area contributed by atoms with Crippen molar-refractivity contribution in [1.29, 1.82) is 0 Å². The first kappa shape index (κ1) is 19.6. The average Bonchev–Trinajstić information content (AvgIpc) is 3.40.